The lowest BCUT2D eigenvalue weighted by Gasteiger charge is -2.45. The molecule has 0 bridgehead atoms. The van der Waals surface area contributed by atoms with Gasteiger partial charge in [-0.25, -0.2) is 4.79 Å². The Morgan fingerprint density at radius 2 is 1.66 bits per heavy atom. The number of aryl methyl sites for hydroxylation is 2. The molecule has 0 spiro atoms. The Hall–Kier alpha value is -1.59. The lowest BCUT2D eigenvalue weighted by molar-refractivity contribution is -0.0171. The number of carbonyl (C=O) groups is 1. The van der Waals surface area contributed by atoms with E-state index in [9.17, 15) is 4.79 Å². The van der Waals surface area contributed by atoms with Crippen LogP contribution < -0.4 is 10.6 Å². The highest BCUT2D eigenvalue weighted by atomic mass is 16.5. The summed E-state index contributed by atoms with van der Waals surface area (Å²) < 4.78 is 5.62. The molecule has 1 saturated carbocycles. The molecule has 4 rings (SSSR count). The minimum atomic E-state index is -0.0230. The predicted molar refractivity (Wildman–Crippen MR) is 116 cm³/mol. The molecule has 2 N–H and O–H groups in total. The fourth-order valence-corrected chi connectivity index (χ4v) is 5.35. The number of carbonyl (C=O) groups excluding carboxylic acids is 1. The summed E-state index contributed by atoms with van der Waals surface area (Å²) >= 11 is 0. The third-order valence-corrected chi connectivity index (χ3v) is 7.80. The first-order valence-corrected chi connectivity index (χ1v) is 11.5. The Labute approximate surface area is 175 Å². The van der Waals surface area contributed by atoms with Crippen molar-refractivity contribution in [1.82, 2.24) is 15.5 Å². The van der Waals surface area contributed by atoms with E-state index < -0.39 is 0 Å². The van der Waals surface area contributed by atoms with Gasteiger partial charge < -0.3 is 15.4 Å². The number of rotatable bonds is 6. The maximum absolute atomic E-state index is 12.7. The van der Waals surface area contributed by atoms with Gasteiger partial charge in [-0.15, -0.1) is 0 Å². The summed E-state index contributed by atoms with van der Waals surface area (Å²) in [7, 11) is 0. The average molecular weight is 400 g/mol. The van der Waals surface area contributed by atoms with Gasteiger partial charge >= 0.3 is 6.03 Å². The minimum absolute atomic E-state index is 0.0230. The molecule has 1 aromatic rings. The monoisotopic (exact) mass is 399 g/mol. The summed E-state index contributed by atoms with van der Waals surface area (Å²) in [5.74, 6) is 0. The van der Waals surface area contributed by atoms with Gasteiger partial charge in [-0.05, 0) is 82.2 Å². The van der Waals surface area contributed by atoms with Gasteiger partial charge in [0.15, 0.2) is 0 Å². The number of hydrogen-bond acceptors (Lipinski definition) is 3. The molecule has 2 aliphatic heterocycles. The van der Waals surface area contributed by atoms with Crippen LogP contribution in [0.1, 0.15) is 61.6 Å². The van der Waals surface area contributed by atoms with Gasteiger partial charge in [0, 0.05) is 37.3 Å². The normalized spacial score (nSPS) is 23.4. The summed E-state index contributed by atoms with van der Waals surface area (Å²) in [6.45, 7) is 9.69. The van der Waals surface area contributed by atoms with Crippen LogP contribution in [-0.4, -0.2) is 55.9 Å². The molecule has 3 aliphatic rings. The highest BCUT2D eigenvalue weighted by molar-refractivity contribution is 5.74. The molecule has 1 aromatic carbocycles. The quantitative estimate of drug-likeness (QED) is 0.767. The van der Waals surface area contributed by atoms with Crippen LogP contribution in [0.15, 0.2) is 18.2 Å². The lowest BCUT2D eigenvalue weighted by atomic mass is 9.64. The summed E-state index contributed by atoms with van der Waals surface area (Å²) in [5.41, 5.74) is 4.24. The molecule has 29 heavy (non-hydrogen) atoms. The van der Waals surface area contributed by atoms with Gasteiger partial charge in [0.25, 0.3) is 0 Å². The molecule has 3 fully saturated rings. The molecule has 2 saturated heterocycles. The Morgan fingerprint density at radius 3 is 2.28 bits per heavy atom. The predicted octanol–water partition coefficient (Wildman–Crippen LogP) is 3.67. The Balaban J connectivity index is 1.34. The van der Waals surface area contributed by atoms with Gasteiger partial charge in [-0.1, -0.05) is 24.6 Å². The standard InChI is InChI=1S/C24H37N3O2/c1-19-6-7-21(16-20(19)2)23(8-5-9-23)17-25-22(28)26-18-24(10-14-29-15-11-24)27-12-3-4-13-27/h6-7,16H,3-5,8-15,17-18H2,1-2H3,(H2,25,26,28). The van der Waals surface area contributed by atoms with E-state index in [-0.39, 0.29) is 17.0 Å². The number of amides is 2. The van der Waals surface area contributed by atoms with Gasteiger partial charge in [-0.3, -0.25) is 4.90 Å². The Bertz CT molecular complexity index is 717. The minimum Gasteiger partial charge on any atom is -0.381 e. The summed E-state index contributed by atoms with van der Waals surface area (Å²) in [4.78, 5) is 15.3. The van der Waals surface area contributed by atoms with E-state index in [0.29, 0.717) is 0 Å². The summed E-state index contributed by atoms with van der Waals surface area (Å²) in [5, 5.41) is 6.42. The summed E-state index contributed by atoms with van der Waals surface area (Å²) in [6.07, 6.45) is 8.13. The highest BCUT2D eigenvalue weighted by Gasteiger charge is 2.41. The highest BCUT2D eigenvalue weighted by Crippen LogP contribution is 2.43. The zero-order valence-corrected chi connectivity index (χ0v) is 18.2. The van der Waals surface area contributed by atoms with Crippen molar-refractivity contribution in [1.29, 1.82) is 0 Å². The number of urea groups is 1. The van der Waals surface area contributed by atoms with Gasteiger partial charge in [0.2, 0.25) is 0 Å². The van der Waals surface area contributed by atoms with Gasteiger partial charge in [0.05, 0.1) is 0 Å². The van der Waals surface area contributed by atoms with Crippen molar-refractivity contribution in [2.24, 2.45) is 0 Å². The molecule has 2 amide bonds. The number of nitrogens with one attached hydrogen (secondary N) is 2. The number of ether oxygens (including phenoxy) is 1. The second kappa shape index (κ2) is 8.65. The third-order valence-electron chi connectivity index (χ3n) is 7.80. The Kier molecular flexibility index (Phi) is 6.16. The molecule has 2 heterocycles. The molecule has 0 unspecified atom stereocenters. The lowest BCUT2D eigenvalue weighted by Crippen LogP contribution is -2.59. The molecule has 160 valence electrons. The van der Waals surface area contributed by atoms with E-state index in [0.717, 1.165) is 65.1 Å². The molecule has 0 aromatic heterocycles. The van der Waals surface area contributed by atoms with Crippen molar-refractivity contribution < 1.29 is 9.53 Å². The first-order valence-electron chi connectivity index (χ1n) is 11.5. The zero-order valence-electron chi connectivity index (χ0n) is 18.2. The van der Waals surface area contributed by atoms with Crippen molar-refractivity contribution >= 4 is 6.03 Å². The molecule has 0 radical (unpaired) electrons. The second-order valence-electron chi connectivity index (χ2n) is 9.50. The molecule has 1 aliphatic carbocycles. The van der Waals surface area contributed by atoms with Crippen molar-refractivity contribution in [3.63, 3.8) is 0 Å². The van der Waals surface area contributed by atoms with E-state index in [1.807, 2.05) is 0 Å². The third kappa shape index (κ3) is 4.31. The fourth-order valence-electron chi connectivity index (χ4n) is 5.35. The first kappa shape index (κ1) is 20.7. The zero-order chi connectivity index (χ0) is 20.3. The van der Waals surface area contributed by atoms with Crippen LogP contribution >= 0.6 is 0 Å². The maximum atomic E-state index is 12.7. The largest absolute Gasteiger partial charge is 0.381 e. The SMILES string of the molecule is Cc1ccc(C2(CNC(=O)NCC3(N4CCCC4)CCOCC3)CCC2)cc1C. The maximum Gasteiger partial charge on any atom is 0.314 e. The van der Waals surface area contributed by atoms with E-state index in [1.165, 1.54) is 36.0 Å². The second-order valence-corrected chi connectivity index (χ2v) is 9.50. The van der Waals surface area contributed by atoms with E-state index in [4.69, 9.17) is 4.74 Å². The van der Waals surface area contributed by atoms with Gasteiger partial charge in [-0.2, -0.15) is 0 Å². The van der Waals surface area contributed by atoms with Crippen LogP contribution in [0.2, 0.25) is 0 Å². The van der Waals surface area contributed by atoms with Crippen LogP contribution in [-0.2, 0) is 10.2 Å². The van der Waals surface area contributed by atoms with Crippen molar-refractivity contribution in [3.05, 3.63) is 34.9 Å². The molecular formula is C24H37N3O2. The van der Waals surface area contributed by atoms with E-state index in [2.05, 4.69) is 47.6 Å². The van der Waals surface area contributed by atoms with Crippen LogP contribution in [0.5, 0.6) is 0 Å². The number of benzene rings is 1. The number of hydrogen-bond donors (Lipinski definition) is 2. The van der Waals surface area contributed by atoms with Crippen LogP contribution in [0.4, 0.5) is 4.79 Å². The van der Waals surface area contributed by atoms with Crippen molar-refractivity contribution in [2.45, 2.75) is 69.7 Å². The average Bonchev–Trinajstić information content (AvgIpc) is 3.24. The van der Waals surface area contributed by atoms with Crippen LogP contribution in [0.25, 0.3) is 0 Å². The molecule has 5 nitrogen and oxygen atoms in total. The molecule has 5 heteroatoms. The number of nitrogens with zero attached hydrogens (tertiary/aromatic N) is 1. The number of likely N-dealkylation sites (tertiary alicyclic amines) is 1. The first-order chi connectivity index (χ1) is 14.0. The van der Waals surface area contributed by atoms with E-state index in [1.54, 1.807) is 0 Å². The molecule has 0 atom stereocenters. The fraction of sp³-hybridized carbons (Fsp3) is 0.708. The van der Waals surface area contributed by atoms with E-state index >= 15 is 0 Å². The van der Waals surface area contributed by atoms with Crippen molar-refractivity contribution in [2.75, 3.05) is 39.4 Å². The van der Waals surface area contributed by atoms with Crippen molar-refractivity contribution in [3.8, 4) is 0 Å². The summed E-state index contributed by atoms with van der Waals surface area (Å²) in [6, 6.07) is 6.77. The van der Waals surface area contributed by atoms with Crippen LogP contribution in [0, 0.1) is 13.8 Å². The topological polar surface area (TPSA) is 53.6 Å². The smallest absolute Gasteiger partial charge is 0.314 e. The molecular weight excluding hydrogens is 362 g/mol. The van der Waals surface area contributed by atoms with Crippen LogP contribution in [0.3, 0.4) is 0 Å². The Morgan fingerprint density at radius 1 is 0.966 bits per heavy atom. The van der Waals surface area contributed by atoms with Gasteiger partial charge in [0.1, 0.15) is 0 Å².